The van der Waals surface area contributed by atoms with Crippen LogP contribution in [0.2, 0.25) is 0 Å². The molecule has 0 amide bonds. The van der Waals surface area contributed by atoms with E-state index >= 15 is 0 Å². The van der Waals surface area contributed by atoms with Crippen LogP contribution in [0.5, 0.6) is 0 Å². The number of nitrogens with one attached hydrogen (secondary N) is 1. The molecule has 0 aliphatic carbocycles. The normalized spacial score (nSPS) is 33.0. The summed E-state index contributed by atoms with van der Waals surface area (Å²) in [5, 5.41) is 0. The van der Waals surface area contributed by atoms with E-state index in [1.807, 2.05) is 6.92 Å². The molecular weight excluding hydrogens is 369 g/mol. The molecule has 2 aliphatic heterocycles. The van der Waals surface area contributed by atoms with Crippen molar-refractivity contribution in [2.45, 2.75) is 37.4 Å². The van der Waals surface area contributed by atoms with Crippen LogP contribution in [-0.4, -0.2) is 55.9 Å². The number of nitrogens with zero attached hydrogens (tertiary/aromatic N) is 3. The summed E-state index contributed by atoms with van der Waals surface area (Å²) < 4.78 is 35.1. The topological polar surface area (TPSA) is 164 Å². The van der Waals surface area contributed by atoms with Crippen molar-refractivity contribution in [2.24, 2.45) is 0 Å². The summed E-state index contributed by atoms with van der Waals surface area (Å²) in [5.74, 6) is -0.0643. The predicted octanol–water partition coefficient (Wildman–Crippen LogP) is -0.0898. The molecule has 13 heteroatoms. The van der Waals surface area contributed by atoms with Crippen molar-refractivity contribution in [3.05, 3.63) is 16.7 Å². The van der Waals surface area contributed by atoms with Gasteiger partial charge in [0.2, 0.25) is 5.95 Å². The Morgan fingerprint density at radius 1 is 1.62 bits per heavy atom. The average molecular weight is 387 g/mol. The minimum Gasteiger partial charge on any atom is -0.369 e. The summed E-state index contributed by atoms with van der Waals surface area (Å²) in [5.41, 5.74) is 4.52. The predicted molar refractivity (Wildman–Crippen MR) is 87.2 cm³/mol. The first-order chi connectivity index (χ1) is 12.3. The summed E-state index contributed by atoms with van der Waals surface area (Å²) in [6.45, 7) is 2.05. The number of phosphoric ester groups is 1. The smallest absolute Gasteiger partial charge is 0.369 e. The van der Waals surface area contributed by atoms with Crippen molar-refractivity contribution in [1.29, 1.82) is 0 Å². The van der Waals surface area contributed by atoms with Crippen LogP contribution in [-0.2, 0) is 23.1 Å². The Balaban J connectivity index is 1.76. The van der Waals surface area contributed by atoms with Gasteiger partial charge in [0.15, 0.2) is 17.4 Å². The SMILES string of the molecule is CC[C@@]12COC([C@H](n3cnc4c(=O)[nH]c(N)nc43)O1)[C@H]2OP(=O)(O)OC. The Morgan fingerprint density at radius 3 is 3.08 bits per heavy atom. The zero-order chi connectivity index (χ0) is 18.7. The number of hydrogen-bond donors (Lipinski definition) is 3. The molecule has 2 fully saturated rings. The highest BCUT2D eigenvalue weighted by molar-refractivity contribution is 7.47. The second-order valence-corrected chi connectivity index (χ2v) is 7.67. The van der Waals surface area contributed by atoms with Crippen molar-refractivity contribution in [3.63, 3.8) is 0 Å². The molecule has 12 nitrogen and oxygen atoms in total. The fraction of sp³-hybridized carbons (Fsp3) is 0.615. The van der Waals surface area contributed by atoms with E-state index in [2.05, 4.69) is 19.5 Å². The zero-order valence-electron chi connectivity index (χ0n) is 14.0. The standard InChI is InChI=1S/C13H18N5O7P/c1-3-13-4-23-7(8(13)25-26(20,21)22-2)11(24-13)18-5-15-6-9(18)16-12(14)17-10(6)19/h5,7-8,11H,3-4H2,1-2H3,(H,20,21)(H3,14,16,17,19)/t7?,8-,11-,13+/m1/s1. The third-order valence-corrected chi connectivity index (χ3v) is 5.73. The number of H-pyrrole nitrogens is 1. The monoisotopic (exact) mass is 387 g/mol. The number of ether oxygens (including phenoxy) is 2. The molecule has 5 atom stereocenters. The van der Waals surface area contributed by atoms with Gasteiger partial charge in [0.1, 0.15) is 17.8 Å². The lowest BCUT2D eigenvalue weighted by molar-refractivity contribution is -0.173. The van der Waals surface area contributed by atoms with E-state index in [1.165, 1.54) is 10.9 Å². The minimum atomic E-state index is -4.26. The number of hydrogen-bond acceptors (Lipinski definition) is 9. The van der Waals surface area contributed by atoms with Gasteiger partial charge in [0.05, 0.1) is 12.9 Å². The molecule has 0 spiro atoms. The number of aromatic nitrogens is 4. The van der Waals surface area contributed by atoms with Gasteiger partial charge in [-0.3, -0.25) is 23.4 Å². The minimum absolute atomic E-state index is 0.0643. The highest BCUT2D eigenvalue weighted by atomic mass is 31.2. The van der Waals surface area contributed by atoms with E-state index in [4.69, 9.17) is 19.7 Å². The van der Waals surface area contributed by atoms with E-state index in [0.29, 0.717) is 6.42 Å². The van der Waals surface area contributed by atoms with Crippen LogP contribution in [0.3, 0.4) is 0 Å². The molecule has 4 N–H and O–H groups in total. The molecule has 4 heterocycles. The molecule has 0 saturated carbocycles. The number of fused-ring (bicyclic) bond motifs is 3. The first kappa shape index (κ1) is 17.6. The van der Waals surface area contributed by atoms with E-state index < -0.39 is 37.4 Å². The number of rotatable bonds is 5. The lowest BCUT2D eigenvalue weighted by atomic mass is 9.96. The molecule has 2 bridgehead atoms. The summed E-state index contributed by atoms with van der Waals surface area (Å²) >= 11 is 0. The van der Waals surface area contributed by atoms with Crippen molar-refractivity contribution >= 4 is 24.9 Å². The van der Waals surface area contributed by atoms with Crippen molar-refractivity contribution in [3.8, 4) is 0 Å². The largest absolute Gasteiger partial charge is 0.472 e. The Bertz CT molecular complexity index is 960. The summed E-state index contributed by atoms with van der Waals surface area (Å²) in [6.07, 6.45) is -0.465. The zero-order valence-corrected chi connectivity index (χ0v) is 14.9. The van der Waals surface area contributed by atoms with Gasteiger partial charge < -0.3 is 20.1 Å². The Kier molecular flexibility index (Phi) is 3.95. The van der Waals surface area contributed by atoms with Gasteiger partial charge in [-0.2, -0.15) is 4.98 Å². The van der Waals surface area contributed by atoms with E-state index in [1.54, 1.807) is 0 Å². The number of aromatic amines is 1. The van der Waals surface area contributed by atoms with Gasteiger partial charge in [0, 0.05) is 7.11 Å². The summed E-state index contributed by atoms with van der Waals surface area (Å²) in [4.78, 5) is 32.2. The quantitative estimate of drug-likeness (QED) is 0.591. The molecule has 0 aromatic carbocycles. The van der Waals surface area contributed by atoms with Crippen LogP contribution >= 0.6 is 7.82 Å². The van der Waals surface area contributed by atoms with Crippen molar-refractivity contribution in [1.82, 2.24) is 19.5 Å². The Labute approximate surface area is 146 Å². The number of anilines is 1. The molecule has 2 aromatic rings. The number of imidazole rings is 1. The maximum absolute atomic E-state index is 12.0. The summed E-state index contributed by atoms with van der Waals surface area (Å²) in [7, 11) is -3.17. The first-order valence-electron chi connectivity index (χ1n) is 7.89. The van der Waals surface area contributed by atoms with Crippen LogP contribution in [0, 0.1) is 0 Å². The molecule has 2 saturated heterocycles. The third kappa shape index (κ3) is 2.49. The maximum Gasteiger partial charge on any atom is 0.472 e. The molecule has 4 rings (SSSR count). The Hall–Kier alpha value is -1.82. The van der Waals surface area contributed by atoms with E-state index in [-0.39, 0.29) is 23.7 Å². The second-order valence-electron chi connectivity index (χ2n) is 6.15. The highest BCUT2D eigenvalue weighted by Gasteiger charge is 2.63. The van der Waals surface area contributed by atoms with Crippen LogP contribution < -0.4 is 11.3 Å². The summed E-state index contributed by atoms with van der Waals surface area (Å²) in [6, 6.07) is 0. The molecule has 26 heavy (non-hydrogen) atoms. The third-order valence-electron chi connectivity index (χ3n) is 4.77. The fourth-order valence-corrected chi connectivity index (χ4v) is 4.11. The van der Waals surface area contributed by atoms with Gasteiger partial charge in [-0.15, -0.1) is 0 Å². The van der Waals surface area contributed by atoms with Gasteiger partial charge in [0.25, 0.3) is 5.56 Å². The van der Waals surface area contributed by atoms with Gasteiger partial charge >= 0.3 is 7.82 Å². The van der Waals surface area contributed by atoms with E-state index in [0.717, 1.165) is 7.11 Å². The Morgan fingerprint density at radius 2 is 2.38 bits per heavy atom. The molecule has 142 valence electrons. The van der Waals surface area contributed by atoms with Crippen LogP contribution in [0.1, 0.15) is 19.6 Å². The maximum atomic E-state index is 12.0. The van der Waals surface area contributed by atoms with Crippen molar-refractivity contribution < 1.29 is 28.0 Å². The van der Waals surface area contributed by atoms with Gasteiger partial charge in [-0.05, 0) is 6.42 Å². The lowest BCUT2D eigenvalue weighted by Gasteiger charge is -2.30. The van der Waals surface area contributed by atoms with Crippen LogP contribution in [0.4, 0.5) is 5.95 Å². The van der Waals surface area contributed by atoms with Crippen molar-refractivity contribution in [2.75, 3.05) is 19.5 Å². The number of nitrogen functional groups attached to an aromatic ring is 1. The van der Waals surface area contributed by atoms with Gasteiger partial charge in [-0.1, -0.05) is 6.92 Å². The van der Waals surface area contributed by atoms with Gasteiger partial charge in [-0.25, -0.2) is 9.55 Å². The first-order valence-corrected chi connectivity index (χ1v) is 9.38. The second kappa shape index (κ2) is 5.84. The van der Waals surface area contributed by atoms with E-state index in [9.17, 15) is 14.3 Å². The van der Waals surface area contributed by atoms with Crippen LogP contribution in [0.15, 0.2) is 11.1 Å². The molecule has 0 radical (unpaired) electrons. The number of phosphoric acid groups is 1. The number of nitrogens with two attached hydrogens (primary N) is 1. The molecule has 2 unspecified atom stereocenters. The molecule has 2 aliphatic rings. The fourth-order valence-electron chi connectivity index (χ4n) is 3.42. The highest BCUT2D eigenvalue weighted by Crippen LogP contribution is 2.55. The average Bonchev–Trinajstić information content (AvgIpc) is 3.25. The lowest BCUT2D eigenvalue weighted by Crippen LogP contribution is -2.40. The molecular formula is C13H18N5O7P. The van der Waals surface area contributed by atoms with Crippen LogP contribution in [0.25, 0.3) is 11.2 Å². The molecule has 2 aromatic heterocycles.